The van der Waals surface area contributed by atoms with Gasteiger partial charge in [-0.25, -0.2) is 0 Å². The maximum atomic E-state index is 10.9. The summed E-state index contributed by atoms with van der Waals surface area (Å²) in [5, 5.41) is 3.32. The lowest BCUT2D eigenvalue weighted by Crippen LogP contribution is -2.38. The van der Waals surface area contributed by atoms with Crippen LogP contribution in [0, 0.1) is 0 Å². The van der Waals surface area contributed by atoms with Crippen LogP contribution in [-0.4, -0.2) is 31.6 Å². The number of aldehydes is 1. The minimum atomic E-state index is 0.0163. The van der Waals surface area contributed by atoms with E-state index in [1.54, 1.807) is 0 Å². The molecule has 3 rings (SSSR count). The van der Waals surface area contributed by atoms with Crippen LogP contribution in [0.5, 0.6) is 11.5 Å². The first kappa shape index (κ1) is 17.3. The van der Waals surface area contributed by atoms with Crippen molar-refractivity contribution in [1.29, 1.82) is 0 Å². The summed E-state index contributed by atoms with van der Waals surface area (Å²) in [6.45, 7) is 3.68. The minimum Gasteiger partial charge on any atom is -0.490 e. The highest BCUT2D eigenvalue weighted by Gasteiger charge is 2.24. The van der Waals surface area contributed by atoms with E-state index >= 15 is 0 Å². The maximum Gasteiger partial charge on any atom is 0.161 e. The fraction of sp³-hybridized carbons (Fsp3) is 0.650. The van der Waals surface area contributed by atoms with Crippen molar-refractivity contribution in [1.82, 2.24) is 5.32 Å². The largest absolute Gasteiger partial charge is 0.490 e. The first-order valence-corrected chi connectivity index (χ1v) is 9.42. The van der Waals surface area contributed by atoms with E-state index in [1.165, 1.54) is 18.4 Å². The van der Waals surface area contributed by atoms with Gasteiger partial charge in [0.05, 0.1) is 18.8 Å². The summed E-state index contributed by atoms with van der Waals surface area (Å²) in [5.41, 5.74) is 1.28. The summed E-state index contributed by atoms with van der Waals surface area (Å²) >= 11 is 0. The predicted octanol–water partition coefficient (Wildman–Crippen LogP) is 3.83. The number of hydrogen-bond acceptors (Lipinski definition) is 4. The molecule has 4 nitrogen and oxygen atoms in total. The lowest BCUT2D eigenvalue weighted by molar-refractivity contribution is -0.110. The van der Waals surface area contributed by atoms with Crippen molar-refractivity contribution in [2.75, 3.05) is 13.2 Å². The number of ether oxygens (including phenoxy) is 2. The van der Waals surface area contributed by atoms with E-state index in [0.717, 1.165) is 56.4 Å². The maximum absolute atomic E-state index is 10.9. The molecule has 2 atom stereocenters. The molecule has 1 aromatic carbocycles. The molecule has 2 fully saturated rings. The van der Waals surface area contributed by atoms with Gasteiger partial charge in [0.15, 0.2) is 11.5 Å². The molecular weight excluding hydrogens is 302 g/mol. The first-order valence-electron chi connectivity index (χ1n) is 9.42. The Hall–Kier alpha value is -1.55. The van der Waals surface area contributed by atoms with Crippen molar-refractivity contribution in [2.45, 2.75) is 69.9 Å². The lowest BCUT2D eigenvalue weighted by atomic mass is 9.89. The third-order valence-electron chi connectivity index (χ3n) is 5.11. The quantitative estimate of drug-likeness (QED) is 0.771. The van der Waals surface area contributed by atoms with Crippen molar-refractivity contribution < 1.29 is 14.3 Å². The number of nitrogens with one attached hydrogen (secondary N) is 1. The van der Waals surface area contributed by atoms with Gasteiger partial charge < -0.3 is 19.6 Å². The Morgan fingerprint density at radius 3 is 2.67 bits per heavy atom. The second kappa shape index (κ2) is 8.52. The highest BCUT2D eigenvalue weighted by atomic mass is 16.5. The molecule has 1 saturated heterocycles. The predicted molar refractivity (Wildman–Crippen MR) is 94.9 cm³/mol. The molecule has 1 saturated carbocycles. The third-order valence-corrected chi connectivity index (χ3v) is 5.11. The van der Waals surface area contributed by atoms with Crippen LogP contribution in [0.2, 0.25) is 0 Å². The Bertz CT molecular complexity index is 532. The van der Waals surface area contributed by atoms with E-state index < -0.39 is 0 Å². The number of carbonyl (C=O) groups is 1. The zero-order valence-electron chi connectivity index (χ0n) is 14.6. The Morgan fingerprint density at radius 1 is 1.17 bits per heavy atom. The Kier molecular flexibility index (Phi) is 6.13. The number of carbonyl (C=O) groups excluding carboxylic acids is 1. The summed E-state index contributed by atoms with van der Waals surface area (Å²) in [4.78, 5) is 10.9. The van der Waals surface area contributed by atoms with E-state index in [4.69, 9.17) is 9.47 Å². The summed E-state index contributed by atoms with van der Waals surface area (Å²) < 4.78 is 12.2. The molecule has 1 aromatic rings. The molecular formula is C20H29NO3. The number of hydrogen-bond donors (Lipinski definition) is 1. The highest BCUT2D eigenvalue weighted by Crippen LogP contribution is 2.36. The van der Waals surface area contributed by atoms with E-state index in [1.807, 2.05) is 0 Å². The zero-order chi connectivity index (χ0) is 16.8. The molecule has 2 aliphatic rings. The van der Waals surface area contributed by atoms with Gasteiger partial charge in [-0.3, -0.25) is 0 Å². The van der Waals surface area contributed by atoms with E-state index in [2.05, 4.69) is 30.4 Å². The summed E-state index contributed by atoms with van der Waals surface area (Å²) in [6.07, 6.45) is 9.08. The van der Waals surface area contributed by atoms with Crippen molar-refractivity contribution in [3.63, 3.8) is 0 Å². The molecule has 1 N–H and O–H groups in total. The zero-order valence-corrected chi connectivity index (χ0v) is 14.6. The number of rotatable bonds is 7. The van der Waals surface area contributed by atoms with Crippen LogP contribution in [0.15, 0.2) is 18.2 Å². The van der Waals surface area contributed by atoms with Crippen LogP contribution in [0.4, 0.5) is 0 Å². The van der Waals surface area contributed by atoms with Crippen molar-refractivity contribution >= 4 is 6.29 Å². The fourth-order valence-electron chi connectivity index (χ4n) is 3.67. The second-order valence-corrected chi connectivity index (χ2v) is 7.00. The minimum absolute atomic E-state index is 0.0163. The molecule has 0 aromatic heterocycles. The van der Waals surface area contributed by atoms with Gasteiger partial charge in [0.2, 0.25) is 0 Å². The lowest BCUT2D eigenvalue weighted by Gasteiger charge is -2.28. The van der Waals surface area contributed by atoms with Crippen LogP contribution in [0.1, 0.15) is 63.4 Å². The molecule has 0 amide bonds. The number of piperidine rings is 1. The molecule has 132 valence electrons. The van der Waals surface area contributed by atoms with Gasteiger partial charge in [0, 0.05) is 6.54 Å². The van der Waals surface area contributed by atoms with E-state index in [9.17, 15) is 4.79 Å². The molecule has 4 heteroatoms. The second-order valence-electron chi connectivity index (χ2n) is 7.00. The third kappa shape index (κ3) is 4.29. The molecule has 0 spiro atoms. The number of benzene rings is 1. The van der Waals surface area contributed by atoms with E-state index in [-0.39, 0.29) is 6.04 Å². The summed E-state index contributed by atoms with van der Waals surface area (Å²) in [7, 11) is 0. The monoisotopic (exact) mass is 331 g/mol. The van der Waals surface area contributed by atoms with Crippen LogP contribution in [0.25, 0.3) is 0 Å². The summed E-state index contributed by atoms with van der Waals surface area (Å²) in [6, 6.07) is 6.39. The molecule has 1 aliphatic heterocycles. The van der Waals surface area contributed by atoms with Gasteiger partial charge in [-0.2, -0.15) is 0 Å². The van der Waals surface area contributed by atoms with Gasteiger partial charge in [0.25, 0.3) is 0 Å². The topological polar surface area (TPSA) is 47.6 Å². The molecule has 0 radical (unpaired) electrons. The average Bonchev–Trinajstić information content (AvgIpc) is 3.14. The highest BCUT2D eigenvalue weighted by molar-refractivity contribution is 5.57. The fourth-order valence-corrected chi connectivity index (χ4v) is 3.67. The van der Waals surface area contributed by atoms with Gasteiger partial charge in [0.1, 0.15) is 6.29 Å². The normalized spacial score (nSPS) is 24.7. The molecule has 1 heterocycles. The van der Waals surface area contributed by atoms with E-state index in [0.29, 0.717) is 18.6 Å². The van der Waals surface area contributed by atoms with Crippen LogP contribution in [0.3, 0.4) is 0 Å². The molecule has 1 aliphatic carbocycles. The van der Waals surface area contributed by atoms with Gasteiger partial charge in [-0.1, -0.05) is 13.0 Å². The van der Waals surface area contributed by atoms with Crippen LogP contribution >= 0.6 is 0 Å². The van der Waals surface area contributed by atoms with Crippen molar-refractivity contribution in [2.24, 2.45) is 0 Å². The molecule has 0 bridgehead atoms. The summed E-state index contributed by atoms with van der Waals surface area (Å²) in [5.74, 6) is 2.19. The van der Waals surface area contributed by atoms with Gasteiger partial charge >= 0.3 is 0 Å². The van der Waals surface area contributed by atoms with Crippen molar-refractivity contribution in [3.8, 4) is 11.5 Å². The van der Waals surface area contributed by atoms with Crippen LogP contribution in [-0.2, 0) is 4.79 Å². The van der Waals surface area contributed by atoms with Gasteiger partial charge in [-0.15, -0.1) is 0 Å². The Morgan fingerprint density at radius 2 is 2.00 bits per heavy atom. The van der Waals surface area contributed by atoms with Crippen molar-refractivity contribution in [3.05, 3.63) is 23.8 Å². The Balaban J connectivity index is 1.73. The van der Waals surface area contributed by atoms with Crippen LogP contribution < -0.4 is 14.8 Å². The smallest absolute Gasteiger partial charge is 0.161 e. The molecule has 24 heavy (non-hydrogen) atoms. The van der Waals surface area contributed by atoms with Gasteiger partial charge in [-0.05, 0) is 68.6 Å². The Labute approximate surface area is 144 Å². The standard InChI is InChI=1S/C20H29NO3/c1-2-11-23-19-10-8-15(16-7-9-17(14-22)21-13-16)12-20(19)24-18-5-3-4-6-18/h8,10,12,14,16-18,21H,2-7,9,11,13H2,1H3/t16-,17?/m1/s1. The average molecular weight is 331 g/mol. The SMILES string of the molecule is CCCOc1ccc([C@@H]2CCC(C=O)NC2)cc1OC1CCCC1. The molecule has 1 unspecified atom stereocenters. The first-order chi connectivity index (χ1) is 11.8.